The van der Waals surface area contributed by atoms with Crippen molar-refractivity contribution in [3.63, 3.8) is 0 Å². The van der Waals surface area contributed by atoms with Crippen LogP contribution in [0.5, 0.6) is 5.75 Å². The SMILES string of the molecule is Cc1cc(NC(=O)COc2ccc(C3=CCN(C(N)=O)CC3)cc2)ccc1Br. The molecule has 0 spiro atoms. The van der Waals surface area contributed by atoms with Crippen LogP contribution in [0.1, 0.15) is 17.5 Å². The van der Waals surface area contributed by atoms with Gasteiger partial charge in [-0.2, -0.15) is 0 Å². The molecule has 0 fully saturated rings. The molecule has 0 atom stereocenters. The number of nitrogens with zero attached hydrogens (tertiary/aromatic N) is 1. The highest BCUT2D eigenvalue weighted by Crippen LogP contribution is 2.24. The zero-order valence-electron chi connectivity index (χ0n) is 15.6. The predicted molar refractivity (Wildman–Crippen MR) is 113 cm³/mol. The van der Waals surface area contributed by atoms with Crippen molar-refractivity contribution in [2.45, 2.75) is 13.3 Å². The van der Waals surface area contributed by atoms with E-state index in [4.69, 9.17) is 10.5 Å². The molecule has 146 valence electrons. The number of carbonyl (C=O) groups is 2. The summed E-state index contributed by atoms with van der Waals surface area (Å²) < 4.78 is 6.57. The Kier molecular flexibility index (Phi) is 6.36. The van der Waals surface area contributed by atoms with Gasteiger partial charge in [-0.15, -0.1) is 0 Å². The zero-order chi connectivity index (χ0) is 20.1. The van der Waals surface area contributed by atoms with Gasteiger partial charge in [0, 0.05) is 23.2 Å². The number of aryl methyl sites for hydroxylation is 1. The molecule has 6 nitrogen and oxygen atoms in total. The van der Waals surface area contributed by atoms with Crippen molar-refractivity contribution in [3.8, 4) is 5.75 Å². The van der Waals surface area contributed by atoms with Crippen molar-refractivity contribution in [1.82, 2.24) is 4.90 Å². The van der Waals surface area contributed by atoms with Crippen LogP contribution in [0.2, 0.25) is 0 Å². The molecule has 0 saturated carbocycles. The number of nitrogens with one attached hydrogen (secondary N) is 1. The topological polar surface area (TPSA) is 84.7 Å². The molecule has 3 rings (SSSR count). The molecule has 0 aliphatic carbocycles. The second-order valence-corrected chi connectivity index (χ2v) is 7.44. The first-order valence-electron chi connectivity index (χ1n) is 8.95. The quantitative estimate of drug-likeness (QED) is 0.733. The highest BCUT2D eigenvalue weighted by atomic mass is 79.9. The van der Waals surface area contributed by atoms with Crippen molar-refractivity contribution in [2.24, 2.45) is 5.73 Å². The highest BCUT2D eigenvalue weighted by molar-refractivity contribution is 9.10. The number of carbonyl (C=O) groups excluding carboxylic acids is 2. The van der Waals surface area contributed by atoms with Gasteiger partial charge in [0.25, 0.3) is 5.91 Å². The summed E-state index contributed by atoms with van der Waals surface area (Å²) in [6.45, 7) is 3.05. The lowest BCUT2D eigenvalue weighted by Gasteiger charge is -2.24. The first-order chi connectivity index (χ1) is 13.4. The number of primary amides is 1. The number of urea groups is 1. The number of anilines is 1. The Labute approximate surface area is 172 Å². The van der Waals surface area contributed by atoms with Crippen LogP contribution in [0, 0.1) is 6.92 Å². The smallest absolute Gasteiger partial charge is 0.315 e. The fourth-order valence-corrected chi connectivity index (χ4v) is 3.21. The van der Waals surface area contributed by atoms with Crippen LogP contribution in [0.25, 0.3) is 5.57 Å². The lowest BCUT2D eigenvalue weighted by atomic mass is 9.99. The van der Waals surface area contributed by atoms with Crippen LogP contribution < -0.4 is 15.8 Å². The van der Waals surface area contributed by atoms with Crippen molar-refractivity contribution in [2.75, 3.05) is 25.0 Å². The zero-order valence-corrected chi connectivity index (χ0v) is 17.2. The lowest BCUT2D eigenvalue weighted by Crippen LogP contribution is -2.38. The Bertz CT molecular complexity index is 910. The summed E-state index contributed by atoms with van der Waals surface area (Å²) >= 11 is 3.44. The largest absolute Gasteiger partial charge is 0.484 e. The molecular weight excluding hydrogens is 422 g/mol. The van der Waals surface area contributed by atoms with Gasteiger partial charge in [-0.25, -0.2) is 4.79 Å². The minimum Gasteiger partial charge on any atom is -0.484 e. The molecular formula is C21H22BrN3O3. The molecule has 0 saturated heterocycles. The fourth-order valence-electron chi connectivity index (χ4n) is 2.97. The molecule has 0 radical (unpaired) electrons. The van der Waals surface area contributed by atoms with Crippen LogP contribution in [0.15, 0.2) is 53.0 Å². The molecule has 0 bridgehead atoms. The third-order valence-electron chi connectivity index (χ3n) is 4.56. The number of rotatable bonds is 5. The Morgan fingerprint density at radius 1 is 1.21 bits per heavy atom. The molecule has 0 aromatic heterocycles. The molecule has 3 N–H and O–H groups in total. The van der Waals surface area contributed by atoms with Gasteiger partial charge in [-0.3, -0.25) is 4.79 Å². The third-order valence-corrected chi connectivity index (χ3v) is 5.45. The number of ether oxygens (including phenoxy) is 1. The van der Waals surface area contributed by atoms with E-state index in [0.717, 1.165) is 27.7 Å². The van der Waals surface area contributed by atoms with Crippen molar-refractivity contribution in [1.29, 1.82) is 0 Å². The predicted octanol–water partition coefficient (Wildman–Crippen LogP) is 3.94. The molecule has 0 unspecified atom stereocenters. The van der Waals surface area contributed by atoms with Crippen LogP contribution in [0.3, 0.4) is 0 Å². The molecule has 7 heteroatoms. The van der Waals surface area contributed by atoms with Crippen LogP contribution >= 0.6 is 15.9 Å². The van der Waals surface area contributed by atoms with Gasteiger partial charge in [-0.05, 0) is 60.4 Å². The molecule has 28 heavy (non-hydrogen) atoms. The summed E-state index contributed by atoms with van der Waals surface area (Å²) in [5.74, 6) is 0.411. The average molecular weight is 444 g/mol. The summed E-state index contributed by atoms with van der Waals surface area (Å²) in [5, 5.41) is 2.82. The van der Waals surface area contributed by atoms with Crippen LogP contribution in [0.4, 0.5) is 10.5 Å². The maximum absolute atomic E-state index is 12.1. The monoisotopic (exact) mass is 443 g/mol. The summed E-state index contributed by atoms with van der Waals surface area (Å²) in [6.07, 6.45) is 2.77. The minimum absolute atomic E-state index is 0.0648. The van der Waals surface area contributed by atoms with E-state index in [0.29, 0.717) is 18.8 Å². The van der Waals surface area contributed by atoms with Gasteiger partial charge in [0.1, 0.15) is 5.75 Å². The van der Waals surface area contributed by atoms with E-state index in [9.17, 15) is 9.59 Å². The number of benzene rings is 2. The Hall–Kier alpha value is -2.80. The van der Waals surface area contributed by atoms with E-state index in [1.165, 1.54) is 5.57 Å². The van der Waals surface area contributed by atoms with E-state index < -0.39 is 6.03 Å². The molecule has 3 amide bonds. The maximum Gasteiger partial charge on any atom is 0.315 e. The van der Waals surface area contributed by atoms with Gasteiger partial charge >= 0.3 is 6.03 Å². The Morgan fingerprint density at radius 2 is 1.96 bits per heavy atom. The highest BCUT2D eigenvalue weighted by Gasteiger charge is 2.15. The molecule has 1 aliphatic heterocycles. The summed E-state index contributed by atoms with van der Waals surface area (Å²) in [5.41, 5.74) is 9.33. The van der Waals surface area contributed by atoms with Crippen molar-refractivity contribution < 1.29 is 14.3 Å². The third kappa shape index (κ3) is 5.13. The van der Waals surface area contributed by atoms with E-state index in [2.05, 4.69) is 21.2 Å². The van der Waals surface area contributed by atoms with Crippen LogP contribution in [-0.4, -0.2) is 36.5 Å². The fraction of sp³-hybridized carbons (Fsp3) is 0.238. The minimum atomic E-state index is -0.393. The maximum atomic E-state index is 12.1. The summed E-state index contributed by atoms with van der Waals surface area (Å²) in [7, 11) is 0. The second-order valence-electron chi connectivity index (χ2n) is 6.59. The normalized spacial score (nSPS) is 13.6. The lowest BCUT2D eigenvalue weighted by molar-refractivity contribution is -0.118. The second kappa shape index (κ2) is 8.93. The number of halogens is 1. The van der Waals surface area contributed by atoms with Crippen LogP contribution in [-0.2, 0) is 4.79 Å². The van der Waals surface area contributed by atoms with Gasteiger partial charge in [0.05, 0.1) is 0 Å². The number of hydrogen-bond acceptors (Lipinski definition) is 3. The van der Waals surface area contributed by atoms with Crippen molar-refractivity contribution >= 4 is 39.1 Å². The number of hydrogen-bond donors (Lipinski definition) is 2. The van der Waals surface area contributed by atoms with E-state index >= 15 is 0 Å². The summed E-state index contributed by atoms with van der Waals surface area (Å²) in [6, 6.07) is 12.8. The first kappa shape index (κ1) is 19.9. The first-order valence-corrected chi connectivity index (χ1v) is 9.74. The Balaban J connectivity index is 1.52. The van der Waals surface area contributed by atoms with Gasteiger partial charge in [0.15, 0.2) is 6.61 Å². The molecule has 2 aromatic carbocycles. The van der Waals surface area contributed by atoms with Crippen molar-refractivity contribution in [3.05, 3.63) is 64.1 Å². The summed E-state index contributed by atoms with van der Waals surface area (Å²) in [4.78, 5) is 24.9. The standard InChI is InChI=1S/C21H22BrN3O3/c1-14-12-17(4-7-19(14)22)24-20(26)13-28-18-5-2-15(3-6-18)16-8-10-25(11-9-16)21(23)27/h2-8,12H,9-11,13H2,1H3,(H2,23,27)(H,24,26). The average Bonchev–Trinajstić information content (AvgIpc) is 2.70. The van der Waals surface area contributed by atoms with Gasteiger partial charge in [-0.1, -0.05) is 34.1 Å². The number of amides is 3. The van der Waals surface area contributed by atoms with E-state index in [-0.39, 0.29) is 12.5 Å². The van der Waals surface area contributed by atoms with Gasteiger partial charge < -0.3 is 20.7 Å². The molecule has 1 aliphatic rings. The number of nitrogens with two attached hydrogens (primary N) is 1. The van der Waals surface area contributed by atoms with E-state index in [1.807, 2.05) is 55.5 Å². The molecule has 1 heterocycles. The molecule has 2 aromatic rings. The Morgan fingerprint density at radius 3 is 2.57 bits per heavy atom. The van der Waals surface area contributed by atoms with Gasteiger partial charge in [0.2, 0.25) is 0 Å². The van der Waals surface area contributed by atoms with E-state index in [1.54, 1.807) is 4.90 Å².